The van der Waals surface area contributed by atoms with Crippen molar-refractivity contribution in [2.24, 2.45) is 0 Å². The fourth-order valence-corrected chi connectivity index (χ4v) is 3.20. The van der Waals surface area contributed by atoms with Gasteiger partial charge in [-0.05, 0) is 75.3 Å². The van der Waals surface area contributed by atoms with Crippen LogP contribution >= 0.6 is 0 Å². The lowest BCUT2D eigenvalue weighted by molar-refractivity contribution is 0.0993. The first-order chi connectivity index (χ1) is 12.7. The van der Waals surface area contributed by atoms with Crippen LogP contribution in [0.2, 0.25) is 0 Å². The highest BCUT2D eigenvalue weighted by Gasteiger charge is 2.16. The average molecular weight is 350 g/mol. The third-order valence-corrected chi connectivity index (χ3v) is 4.58. The van der Waals surface area contributed by atoms with Crippen LogP contribution in [0.1, 0.15) is 34.9 Å². The number of aryl methyl sites for hydroxylation is 1. The van der Waals surface area contributed by atoms with Gasteiger partial charge in [-0.3, -0.25) is 9.69 Å². The number of rotatable bonds is 5. The van der Waals surface area contributed by atoms with E-state index in [2.05, 4.69) is 15.3 Å². The second-order valence-electron chi connectivity index (χ2n) is 6.65. The van der Waals surface area contributed by atoms with Crippen LogP contribution in [0.15, 0.2) is 53.1 Å². The van der Waals surface area contributed by atoms with Crippen molar-refractivity contribution in [2.45, 2.75) is 26.3 Å². The number of aromatic nitrogens is 2. The van der Waals surface area contributed by atoms with Gasteiger partial charge in [-0.1, -0.05) is 0 Å². The van der Waals surface area contributed by atoms with Gasteiger partial charge in [-0.15, -0.1) is 0 Å². The number of carbonyl (C=O) groups is 1. The zero-order valence-corrected chi connectivity index (χ0v) is 14.8. The van der Waals surface area contributed by atoms with Crippen LogP contribution in [0.4, 0.5) is 5.69 Å². The first kappa shape index (κ1) is 16.6. The molecule has 0 spiro atoms. The Kier molecular flexibility index (Phi) is 4.58. The van der Waals surface area contributed by atoms with E-state index in [9.17, 15) is 4.79 Å². The minimum atomic E-state index is -0.236. The molecule has 1 amide bonds. The summed E-state index contributed by atoms with van der Waals surface area (Å²) < 4.78 is 7.51. The lowest BCUT2D eigenvalue weighted by Gasteiger charge is -2.11. The molecule has 1 aliphatic heterocycles. The van der Waals surface area contributed by atoms with E-state index < -0.39 is 0 Å². The van der Waals surface area contributed by atoms with E-state index in [1.807, 2.05) is 49.5 Å². The topological polar surface area (TPSA) is 63.3 Å². The number of nitrogens with one attached hydrogen (secondary N) is 1. The minimum absolute atomic E-state index is 0.236. The third kappa shape index (κ3) is 3.70. The highest BCUT2D eigenvalue weighted by Crippen LogP contribution is 2.17. The lowest BCUT2D eigenvalue weighted by atomic mass is 10.2. The molecule has 3 aromatic rings. The first-order valence-electron chi connectivity index (χ1n) is 8.92. The smallest absolute Gasteiger partial charge is 0.291 e. The van der Waals surface area contributed by atoms with Crippen molar-refractivity contribution in [3.63, 3.8) is 0 Å². The molecule has 1 N–H and O–H groups in total. The van der Waals surface area contributed by atoms with Crippen molar-refractivity contribution < 1.29 is 9.21 Å². The SMILES string of the molecule is Cc1ccn(-c2ccc(NC(=O)c3ccc(CN4CCCC4)o3)cc2)n1. The Morgan fingerprint density at radius 3 is 2.58 bits per heavy atom. The van der Waals surface area contributed by atoms with Gasteiger partial charge < -0.3 is 9.73 Å². The molecule has 0 saturated carbocycles. The molecule has 6 heteroatoms. The molecule has 6 nitrogen and oxygen atoms in total. The molecule has 1 aliphatic rings. The van der Waals surface area contributed by atoms with E-state index in [-0.39, 0.29) is 5.91 Å². The Labute approximate surface area is 152 Å². The zero-order valence-electron chi connectivity index (χ0n) is 14.8. The van der Waals surface area contributed by atoms with Crippen molar-refractivity contribution in [3.05, 3.63) is 65.9 Å². The average Bonchev–Trinajstić information content (AvgIpc) is 3.38. The largest absolute Gasteiger partial charge is 0.455 e. The Morgan fingerprint density at radius 2 is 1.88 bits per heavy atom. The van der Waals surface area contributed by atoms with Gasteiger partial charge in [0, 0.05) is 11.9 Å². The van der Waals surface area contributed by atoms with Gasteiger partial charge in [0.05, 0.1) is 17.9 Å². The molecule has 1 fully saturated rings. The fraction of sp³-hybridized carbons (Fsp3) is 0.300. The molecule has 2 aromatic heterocycles. The van der Waals surface area contributed by atoms with Crippen LogP contribution < -0.4 is 5.32 Å². The summed E-state index contributed by atoms with van der Waals surface area (Å²) in [5.41, 5.74) is 2.63. The Balaban J connectivity index is 1.39. The van der Waals surface area contributed by atoms with E-state index in [1.54, 1.807) is 10.7 Å². The standard InChI is InChI=1S/C20H22N4O2/c1-15-10-13-24(22-15)17-6-4-16(5-7-17)21-20(25)19-9-8-18(26-19)14-23-11-2-3-12-23/h4-10,13H,2-3,11-12,14H2,1H3,(H,21,25). The molecule has 0 atom stereocenters. The number of likely N-dealkylation sites (tertiary alicyclic amines) is 1. The van der Waals surface area contributed by atoms with Crippen molar-refractivity contribution in [3.8, 4) is 5.69 Å². The van der Waals surface area contributed by atoms with Crippen molar-refractivity contribution >= 4 is 11.6 Å². The number of benzene rings is 1. The molecule has 0 unspecified atom stereocenters. The lowest BCUT2D eigenvalue weighted by Crippen LogP contribution is -2.18. The Hall–Kier alpha value is -2.86. The number of hydrogen-bond donors (Lipinski definition) is 1. The molecule has 3 heterocycles. The first-order valence-corrected chi connectivity index (χ1v) is 8.92. The molecule has 134 valence electrons. The molecule has 0 radical (unpaired) electrons. The van der Waals surface area contributed by atoms with Crippen LogP contribution in [-0.2, 0) is 6.54 Å². The summed E-state index contributed by atoms with van der Waals surface area (Å²) in [6.45, 7) is 4.92. The van der Waals surface area contributed by atoms with Gasteiger partial charge in [0.15, 0.2) is 5.76 Å². The molecule has 1 saturated heterocycles. The number of amides is 1. The molecule has 0 aliphatic carbocycles. The predicted octanol–water partition coefficient (Wildman–Crippen LogP) is 3.62. The molecule has 1 aromatic carbocycles. The normalized spacial score (nSPS) is 14.7. The zero-order chi connectivity index (χ0) is 17.9. The van der Waals surface area contributed by atoms with Crippen LogP contribution in [0.5, 0.6) is 0 Å². The van der Waals surface area contributed by atoms with Gasteiger partial charge in [0.25, 0.3) is 5.91 Å². The molecular formula is C20H22N4O2. The molecule has 26 heavy (non-hydrogen) atoms. The summed E-state index contributed by atoms with van der Waals surface area (Å²) in [5.74, 6) is 0.938. The van der Waals surface area contributed by atoms with E-state index in [1.165, 1.54) is 12.8 Å². The van der Waals surface area contributed by atoms with Gasteiger partial charge >= 0.3 is 0 Å². The van der Waals surface area contributed by atoms with Crippen molar-refractivity contribution in [2.75, 3.05) is 18.4 Å². The maximum absolute atomic E-state index is 12.4. The van der Waals surface area contributed by atoms with E-state index in [0.29, 0.717) is 5.76 Å². The Bertz CT molecular complexity index is 889. The summed E-state index contributed by atoms with van der Waals surface area (Å²) >= 11 is 0. The van der Waals surface area contributed by atoms with E-state index in [0.717, 1.165) is 42.5 Å². The van der Waals surface area contributed by atoms with Gasteiger partial charge in [0.1, 0.15) is 5.76 Å². The van der Waals surface area contributed by atoms with Crippen molar-refractivity contribution in [1.29, 1.82) is 0 Å². The molecule has 4 rings (SSSR count). The summed E-state index contributed by atoms with van der Waals surface area (Å²) in [5, 5.41) is 7.25. The van der Waals surface area contributed by atoms with Crippen LogP contribution in [0.3, 0.4) is 0 Å². The maximum atomic E-state index is 12.4. The quantitative estimate of drug-likeness (QED) is 0.763. The van der Waals surface area contributed by atoms with Crippen LogP contribution in [0, 0.1) is 6.92 Å². The number of hydrogen-bond acceptors (Lipinski definition) is 4. The summed E-state index contributed by atoms with van der Waals surface area (Å²) in [7, 11) is 0. The highest BCUT2D eigenvalue weighted by molar-refractivity contribution is 6.02. The highest BCUT2D eigenvalue weighted by atomic mass is 16.4. The molecular weight excluding hydrogens is 328 g/mol. The second kappa shape index (κ2) is 7.17. The Morgan fingerprint density at radius 1 is 1.12 bits per heavy atom. The van der Waals surface area contributed by atoms with Gasteiger partial charge in [0.2, 0.25) is 0 Å². The van der Waals surface area contributed by atoms with E-state index >= 15 is 0 Å². The third-order valence-electron chi connectivity index (χ3n) is 4.58. The number of anilines is 1. The summed E-state index contributed by atoms with van der Waals surface area (Å²) in [6, 6.07) is 13.1. The maximum Gasteiger partial charge on any atom is 0.291 e. The van der Waals surface area contributed by atoms with Gasteiger partial charge in [-0.25, -0.2) is 4.68 Å². The second-order valence-corrected chi connectivity index (χ2v) is 6.65. The van der Waals surface area contributed by atoms with Crippen LogP contribution in [0.25, 0.3) is 5.69 Å². The fourth-order valence-electron chi connectivity index (χ4n) is 3.20. The summed E-state index contributed by atoms with van der Waals surface area (Å²) in [6.07, 6.45) is 4.39. The number of nitrogens with zero attached hydrogens (tertiary/aromatic N) is 3. The van der Waals surface area contributed by atoms with E-state index in [4.69, 9.17) is 4.42 Å². The number of furan rings is 1. The summed E-state index contributed by atoms with van der Waals surface area (Å²) in [4.78, 5) is 14.7. The monoisotopic (exact) mass is 350 g/mol. The number of carbonyl (C=O) groups excluding carboxylic acids is 1. The van der Waals surface area contributed by atoms with Crippen LogP contribution in [-0.4, -0.2) is 33.7 Å². The van der Waals surface area contributed by atoms with Crippen molar-refractivity contribution in [1.82, 2.24) is 14.7 Å². The molecule has 0 bridgehead atoms. The minimum Gasteiger partial charge on any atom is -0.455 e. The van der Waals surface area contributed by atoms with Gasteiger partial charge in [-0.2, -0.15) is 5.10 Å². The predicted molar refractivity (Wildman–Crippen MR) is 99.5 cm³/mol.